The van der Waals surface area contributed by atoms with Gasteiger partial charge in [0.15, 0.2) is 0 Å². The van der Waals surface area contributed by atoms with Crippen molar-refractivity contribution in [3.63, 3.8) is 0 Å². The zero-order valence-corrected chi connectivity index (χ0v) is 11.5. The third kappa shape index (κ3) is 3.46. The molecule has 2 rings (SSSR count). The molecule has 0 fully saturated rings. The Hall–Kier alpha value is -1.58. The van der Waals surface area contributed by atoms with E-state index in [2.05, 4.69) is 24.0 Å². The third-order valence-corrected chi connectivity index (χ3v) is 3.44. The first kappa shape index (κ1) is 13.8. The van der Waals surface area contributed by atoms with Crippen LogP contribution in [-0.2, 0) is 12.0 Å². The molecule has 0 radical (unpaired) electrons. The summed E-state index contributed by atoms with van der Waals surface area (Å²) < 4.78 is 5.35. The Morgan fingerprint density at radius 3 is 2.47 bits per heavy atom. The molecule has 1 heterocycles. The summed E-state index contributed by atoms with van der Waals surface area (Å²) in [6.07, 6.45) is 1.69. The first-order valence-corrected chi connectivity index (χ1v) is 6.51. The predicted molar refractivity (Wildman–Crippen MR) is 75.9 cm³/mol. The van der Waals surface area contributed by atoms with E-state index in [1.54, 1.807) is 6.26 Å². The van der Waals surface area contributed by atoms with Crippen LogP contribution in [0.5, 0.6) is 0 Å². The maximum Gasteiger partial charge on any atom is 0.117 e. The van der Waals surface area contributed by atoms with E-state index >= 15 is 0 Å². The average Bonchev–Trinajstić information content (AvgIpc) is 2.92. The van der Waals surface area contributed by atoms with Gasteiger partial charge in [0, 0.05) is 12.0 Å². The molecule has 3 nitrogen and oxygen atoms in total. The second-order valence-electron chi connectivity index (χ2n) is 5.34. The van der Waals surface area contributed by atoms with Crippen molar-refractivity contribution in [2.75, 3.05) is 20.2 Å². The van der Waals surface area contributed by atoms with Gasteiger partial charge < -0.3 is 9.52 Å². The Kier molecular flexibility index (Phi) is 4.40. The van der Waals surface area contributed by atoms with Crippen LogP contribution in [0.3, 0.4) is 0 Å². The fourth-order valence-electron chi connectivity index (χ4n) is 2.39. The van der Waals surface area contributed by atoms with Gasteiger partial charge in [0.05, 0.1) is 19.4 Å². The lowest BCUT2D eigenvalue weighted by atomic mass is 9.83. The molecule has 0 spiro atoms. The van der Waals surface area contributed by atoms with Gasteiger partial charge in [0.1, 0.15) is 5.76 Å². The summed E-state index contributed by atoms with van der Waals surface area (Å²) in [4.78, 5) is 2.17. The molecule has 102 valence electrons. The number of aliphatic hydroxyl groups is 1. The first-order chi connectivity index (χ1) is 9.14. The quantitative estimate of drug-likeness (QED) is 0.866. The lowest BCUT2D eigenvalue weighted by molar-refractivity contribution is 0.151. The minimum Gasteiger partial charge on any atom is -0.468 e. The second kappa shape index (κ2) is 6.04. The molecule has 3 heteroatoms. The Bertz CT molecular complexity index is 481. The molecule has 0 aliphatic carbocycles. The van der Waals surface area contributed by atoms with Gasteiger partial charge in [-0.3, -0.25) is 4.90 Å². The number of hydrogen-bond donors (Lipinski definition) is 1. The molecule has 19 heavy (non-hydrogen) atoms. The lowest BCUT2D eigenvalue weighted by Gasteiger charge is -2.32. The van der Waals surface area contributed by atoms with Crippen molar-refractivity contribution < 1.29 is 9.52 Å². The molecule has 1 aromatic heterocycles. The van der Waals surface area contributed by atoms with Crippen LogP contribution in [0.25, 0.3) is 0 Å². The van der Waals surface area contributed by atoms with Gasteiger partial charge in [0.2, 0.25) is 0 Å². The highest BCUT2D eigenvalue weighted by atomic mass is 16.3. The molecular formula is C16H21NO2. The number of benzene rings is 1. The number of rotatable bonds is 6. The Morgan fingerprint density at radius 2 is 1.89 bits per heavy atom. The van der Waals surface area contributed by atoms with E-state index in [1.807, 2.05) is 37.4 Å². The molecule has 0 bridgehead atoms. The smallest absolute Gasteiger partial charge is 0.117 e. The molecule has 0 saturated heterocycles. The molecule has 1 N–H and O–H groups in total. The molecular weight excluding hydrogens is 238 g/mol. The highest BCUT2D eigenvalue weighted by molar-refractivity contribution is 5.25. The van der Waals surface area contributed by atoms with Gasteiger partial charge in [0.25, 0.3) is 0 Å². The maximum absolute atomic E-state index is 9.76. The lowest BCUT2D eigenvalue weighted by Crippen LogP contribution is -2.39. The van der Waals surface area contributed by atoms with Gasteiger partial charge in [-0.2, -0.15) is 0 Å². The molecule has 1 atom stereocenters. The summed E-state index contributed by atoms with van der Waals surface area (Å²) in [6, 6.07) is 14.0. The molecule has 1 unspecified atom stereocenters. The van der Waals surface area contributed by atoms with Crippen LogP contribution in [0.15, 0.2) is 53.1 Å². The molecule has 1 aromatic carbocycles. The fraction of sp³-hybridized carbons (Fsp3) is 0.375. The van der Waals surface area contributed by atoms with E-state index in [-0.39, 0.29) is 12.0 Å². The highest BCUT2D eigenvalue weighted by Crippen LogP contribution is 2.24. The van der Waals surface area contributed by atoms with Gasteiger partial charge in [-0.05, 0) is 24.7 Å². The SMILES string of the molecule is CN(Cc1ccco1)CC(C)(CO)c1ccccc1. The number of hydrogen-bond acceptors (Lipinski definition) is 3. The normalized spacial score (nSPS) is 14.5. The van der Waals surface area contributed by atoms with Crippen molar-refractivity contribution >= 4 is 0 Å². The second-order valence-corrected chi connectivity index (χ2v) is 5.34. The van der Waals surface area contributed by atoms with Crippen molar-refractivity contribution in [2.24, 2.45) is 0 Å². The first-order valence-electron chi connectivity index (χ1n) is 6.51. The van der Waals surface area contributed by atoms with E-state index in [4.69, 9.17) is 4.42 Å². The molecule has 0 aliphatic rings. The minimum atomic E-state index is -0.261. The van der Waals surface area contributed by atoms with Gasteiger partial charge in [-0.1, -0.05) is 37.3 Å². The summed E-state index contributed by atoms with van der Waals surface area (Å²) in [5.74, 6) is 0.941. The van der Waals surface area contributed by atoms with E-state index in [9.17, 15) is 5.11 Å². The standard InChI is InChI=1S/C16H21NO2/c1-16(13-18,14-7-4-3-5-8-14)12-17(2)11-15-9-6-10-19-15/h3-10,18H,11-13H2,1-2H3. The number of nitrogens with zero attached hydrogens (tertiary/aromatic N) is 1. The van der Waals surface area contributed by atoms with Crippen LogP contribution in [0.4, 0.5) is 0 Å². The summed E-state index contributed by atoms with van der Waals surface area (Å²) in [5.41, 5.74) is 0.895. The van der Waals surface area contributed by atoms with E-state index in [1.165, 1.54) is 0 Å². The van der Waals surface area contributed by atoms with E-state index in [0.717, 1.165) is 24.4 Å². The Morgan fingerprint density at radius 1 is 1.16 bits per heavy atom. The van der Waals surface area contributed by atoms with E-state index < -0.39 is 0 Å². The Balaban J connectivity index is 2.06. The maximum atomic E-state index is 9.76. The summed E-state index contributed by atoms with van der Waals surface area (Å²) in [6.45, 7) is 3.73. The van der Waals surface area contributed by atoms with Crippen LogP contribution in [0.2, 0.25) is 0 Å². The number of aliphatic hydroxyl groups excluding tert-OH is 1. The van der Waals surface area contributed by atoms with Crippen LogP contribution >= 0.6 is 0 Å². The summed E-state index contributed by atoms with van der Waals surface area (Å²) >= 11 is 0. The number of likely N-dealkylation sites (N-methyl/N-ethyl adjacent to an activating group) is 1. The monoisotopic (exact) mass is 259 g/mol. The molecule has 0 aliphatic heterocycles. The fourth-order valence-corrected chi connectivity index (χ4v) is 2.39. The van der Waals surface area contributed by atoms with Crippen LogP contribution in [0.1, 0.15) is 18.2 Å². The predicted octanol–water partition coefficient (Wildman–Crippen LogP) is 2.66. The zero-order chi connectivity index (χ0) is 13.7. The largest absolute Gasteiger partial charge is 0.468 e. The van der Waals surface area contributed by atoms with Crippen LogP contribution < -0.4 is 0 Å². The molecule has 2 aromatic rings. The number of furan rings is 1. The topological polar surface area (TPSA) is 36.6 Å². The van der Waals surface area contributed by atoms with Gasteiger partial charge in [-0.15, -0.1) is 0 Å². The van der Waals surface area contributed by atoms with Crippen molar-refractivity contribution in [2.45, 2.75) is 18.9 Å². The summed E-state index contributed by atoms with van der Waals surface area (Å²) in [7, 11) is 2.04. The minimum absolute atomic E-state index is 0.125. The van der Waals surface area contributed by atoms with Gasteiger partial charge in [-0.25, -0.2) is 0 Å². The van der Waals surface area contributed by atoms with Crippen LogP contribution in [0, 0.1) is 0 Å². The molecule has 0 saturated carbocycles. The highest BCUT2D eigenvalue weighted by Gasteiger charge is 2.27. The molecule has 0 amide bonds. The van der Waals surface area contributed by atoms with Crippen molar-refractivity contribution in [3.05, 3.63) is 60.1 Å². The third-order valence-electron chi connectivity index (χ3n) is 3.44. The van der Waals surface area contributed by atoms with E-state index in [0.29, 0.717) is 0 Å². The zero-order valence-electron chi connectivity index (χ0n) is 11.5. The average molecular weight is 259 g/mol. The van der Waals surface area contributed by atoms with Crippen LogP contribution in [-0.4, -0.2) is 30.2 Å². The van der Waals surface area contributed by atoms with Crippen molar-refractivity contribution in [1.82, 2.24) is 4.90 Å². The summed E-state index contributed by atoms with van der Waals surface area (Å²) in [5, 5.41) is 9.76. The Labute approximate surface area is 114 Å². The van der Waals surface area contributed by atoms with Gasteiger partial charge >= 0.3 is 0 Å². The van der Waals surface area contributed by atoms with Crippen molar-refractivity contribution in [1.29, 1.82) is 0 Å². The van der Waals surface area contributed by atoms with Crippen molar-refractivity contribution in [3.8, 4) is 0 Å².